The van der Waals surface area contributed by atoms with Gasteiger partial charge in [0.1, 0.15) is 6.61 Å². The van der Waals surface area contributed by atoms with Gasteiger partial charge in [-0.2, -0.15) is 0 Å². The Morgan fingerprint density at radius 3 is 1.70 bits per heavy atom. The summed E-state index contributed by atoms with van der Waals surface area (Å²) in [7, 11) is 5.50. The molecule has 1 N–H and O–H groups in total. The minimum absolute atomic E-state index is 0.0545. The van der Waals surface area contributed by atoms with Crippen LogP contribution < -0.4 is 0 Å². The topological polar surface area (TPSA) is 99.1 Å². The van der Waals surface area contributed by atoms with Crippen molar-refractivity contribution >= 4 is 17.9 Å². The summed E-state index contributed by atoms with van der Waals surface area (Å²) in [5, 5.41) is 9.53. The molecule has 8 heteroatoms. The van der Waals surface area contributed by atoms with Crippen molar-refractivity contribution in [1.29, 1.82) is 0 Å². The van der Waals surface area contributed by atoms with Crippen LogP contribution in [0, 0.1) is 0 Å². The van der Waals surface area contributed by atoms with E-state index in [-0.39, 0.29) is 36.2 Å². The Labute approximate surface area is 281 Å². The van der Waals surface area contributed by atoms with E-state index in [1.807, 2.05) is 21.1 Å². The van der Waals surface area contributed by atoms with Gasteiger partial charge in [0.05, 0.1) is 34.4 Å². The van der Waals surface area contributed by atoms with E-state index in [4.69, 9.17) is 14.2 Å². The molecule has 0 aliphatic carbocycles. The average Bonchev–Trinajstić information content (AvgIpc) is 3.00. The van der Waals surface area contributed by atoms with Crippen molar-refractivity contribution in [1.82, 2.24) is 0 Å². The second-order valence-electron chi connectivity index (χ2n) is 13.5. The maximum Gasteiger partial charge on any atom is 0.362 e. The molecule has 268 valence electrons. The highest BCUT2D eigenvalue weighted by atomic mass is 16.6. The van der Waals surface area contributed by atoms with Crippen LogP contribution in [0.25, 0.3) is 0 Å². The minimum Gasteiger partial charge on any atom is -0.477 e. The molecule has 2 unspecified atom stereocenters. The van der Waals surface area contributed by atoms with Crippen molar-refractivity contribution in [2.24, 2.45) is 0 Å². The lowest BCUT2D eigenvalue weighted by molar-refractivity contribution is -0.887. The number of carboxylic acids is 1. The van der Waals surface area contributed by atoms with E-state index >= 15 is 0 Å². The van der Waals surface area contributed by atoms with Crippen LogP contribution in [0.3, 0.4) is 0 Å². The first kappa shape index (κ1) is 43.8. The molecule has 0 saturated carbocycles. The van der Waals surface area contributed by atoms with Gasteiger partial charge < -0.3 is 23.8 Å². The van der Waals surface area contributed by atoms with Crippen LogP contribution in [0.2, 0.25) is 0 Å². The van der Waals surface area contributed by atoms with Gasteiger partial charge >= 0.3 is 17.9 Å². The summed E-state index contributed by atoms with van der Waals surface area (Å²) in [5.74, 6) is -1.50. The fraction of sp³-hybridized carbons (Fsp3) is 0.816. The van der Waals surface area contributed by atoms with Crippen molar-refractivity contribution < 1.29 is 38.2 Å². The molecule has 0 rings (SSSR count). The monoisotopic (exact) mass is 653 g/mol. The largest absolute Gasteiger partial charge is 0.477 e. The number of rotatable bonds is 32. The van der Waals surface area contributed by atoms with Crippen molar-refractivity contribution in [2.75, 3.05) is 41.0 Å². The Kier molecular flexibility index (Phi) is 28.7. The van der Waals surface area contributed by atoms with Crippen LogP contribution in [-0.2, 0) is 28.6 Å². The molecule has 0 radical (unpaired) electrons. The molecule has 0 aromatic heterocycles. The van der Waals surface area contributed by atoms with E-state index in [0.29, 0.717) is 19.3 Å². The first-order chi connectivity index (χ1) is 22.1. The molecule has 0 fully saturated rings. The second kappa shape index (κ2) is 30.2. The molecule has 0 amide bonds. The molecule has 0 bridgehead atoms. The van der Waals surface area contributed by atoms with Crippen LogP contribution in [0.4, 0.5) is 0 Å². The van der Waals surface area contributed by atoms with Gasteiger partial charge in [-0.15, -0.1) is 0 Å². The Hall–Kier alpha value is -2.19. The maximum atomic E-state index is 12.6. The molecular weight excluding hydrogens is 582 g/mol. The smallest absolute Gasteiger partial charge is 0.362 e. The van der Waals surface area contributed by atoms with Gasteiger partial charge in [0, 0.05) is 19.3 Å². The SMILES string of the molecule is CCCCCC/C=C\C/C=C\CCCCCCCCCC(=O)OC(COCCC(C(=O)O)[N+](C)(C)C)COC(=O)CCCCCC. The number of unbranched alkanes of at least 4 members (excludes halogenated alkanes) is 14. The third kappa shape index (κ3) is 28.1. The molecule has 0 heterocycles. The summed E-state index contributed by atoms with van der Waals surface area (Å²) in [6.07, 6.45) is 29.8. The molecule has 0 aromatic rings. The van der Waals surface area contributed by atoms with Crippen molar-refractivity contribution in [3.8, 4) is 0 Å². The number of hydrogen-bond donors (Lipinski definition) is 1. The average molecular weight is 653 g/mol. The van der Waals surface area contributed by atoms with Gasteiger partial charge in [-0.1, -0.05) is 109 Å². The Bertz CT molecular complexity index is 818. The van der Waals surface area contributed by atoms with Gasteiger partial charge in [0.15, 0.2) is 12.1 Å². The van der Waals surface area contributed by atoms with Gasteiger partial charge in [0.2, 0.25) is 0 Å². The van der Waals surface area contributed by atoms with Gasteiger partial charge in [0.25, 0.3) is 0 Å². The van der Waals surface area contributed by atoms with E-state index in [1.165, 1.54) is 57.8 Å². The fourth-order valence-electron chi connectivity index (χ4n) is 5.18. The zero-order valence-corrected chi connectivity index (χ0v) is 30.3. The van der Waals surface area contributed by atoms with E-state index in [2.05, 4.69) is 38.2 Å². The van der Waals surface area contributed by atoms with E-state index < -0.39 is 18.1 Å². The molecule has 46 heavy (non-hydrogen) atoms. The summed E-state index contributed by atoms with van der Waals surface area (Å²) < 4.78 is 17.0. The summed E-state index contributed by atoms with van der Waals surface area (Å²) in [6, 6.07) is -0.610. The van der Waals surface area contributed by atoms with Crippen molar-refractivity contribution in [3.63, 3.8) is 0 Å². The highest BCUT2D eigenvalue weighted by Crippen LogP contribution is 2.13. The maximum absolute atomic E-state index is 12.6. The van der Waals surface area contributed by atoms with E-state index in [0.717, 1.165) is 57.8 Å². The molecule has 8 nitrogen and oxygen atoms in total. The number of ether oxygens (including phenoxy) is 3. The zero-order chi connectivity index (χ0) is 34.3. The van der Waals surface area contributed by atoms with Gasteiger partial charge in [-0.05, 0) is 44.9 Å². The molecule has 2 atom stereocenters. The van der Waals surface area contributed by atoms with Crippen molar-refractivity contribution in [3.05, 3.63) is 24.3 Å². The predicted molar refractivity (Wildman–Crippen MR) is 188 cm³/mol. The molecule has 0 aliphatic heterocycles. The van der Waals surface area contributed by atoms with Crippen LogP contribution >= 0.6 is 0 Å². The molecule has 0 aromatic carbocycles. The number of quaternary nitrogens is 1. The minimum atomic E-state index is -0.879. The second-order valence-corrected chi connectivity index (χ2v) is 13.5. The normalized spacial score (nSPS) is 13.3. The zero-order valence-electron chi connectivity index (χ0n) is 30.3. The fourth-order valence-corrected chi connectivity index (χ4v) is 5.18. The molecule has 0 aliphatic rings. The predicted octanol–water partition coefficient (Wildman–Crippen LogP) is 8.96. The lowest BCUT2D eigenvalue weighted by Gasteiger charge is -2.31. The van der Waals surface area contributed by atoms with Crippen molar-refractivity contribution in [2.45, 2.75) is 161 Å². The van der Waals surface area contributed by atoms with E-state index in [9.17, 15) is 19.5 Å². The summed E-state index contributed by atoms with van der Waals surface area (Å²) >= 11 is 0. The third-order valence-electron chi connectivity index (χ3n) is 8.10. The van der Waals surface area contributed by atoms with Crippen LogP contribution in [0.1, 0.15) is 149 Å². The number of likely N-dealkylation sites (N-methyl/N-ethyl adjacent to an activating group) is 1. The Balaban J connectivity index is 4.25. The van der Waals surface area contributed by atoms with Gasteiger partial charge in [-0.25, -0.2) is 4.79 Å². The number of allylic oxidation sites excluding steroid dienone is 4. The first-order valence-electron chi connectivity index (χ1n) is 18.4. The standard InChI is InChI=1S/C38H69NO7/c1-6-8-10-12-13-14-15-16-17-18-19-20-21-22-23-24-25-27-29-37(41)46-34(33-45-36(40)28-26-11-9-7-2)32-44-31-30-35(38(42)43)39(3,4)5/h14-15,17-18,34-35H,6-13,16,19-33H2,1-5H3/p+1/b15-14-,18-17-. The number of carbonyl (C=O) groups is 3. The quantitative estimate of drug-likeness (QED) is 0.0335. The number of hydrogen-bond acceptors (Lipinski definition) is 6. The lowest BCUT2D eigenvalue weighted by atomic mass is 10.1. The summed E-state index contributed by atoms with van der Waals surface area (Å²) in [6.45, 7) is 4.58. The molecular formula is C38H70NO7+. The summed E-state index contributed by atoms with van der Waals surface area (Å²) in [5.41, 5.74) is 0. The summed E-state index contributed by atoms with van der Waals surface area (Å²) in [4.78, 5) is 36.4. The molecule has 0 spiro atoms. The lowest BCUT2D eigenvalue weighted by Crippen LogP contribution is -2.50. The molecule has 0 saturated heterocycles. The number of carboxylic acid groups (broad SMARTS) is 1. The number of aliphatic carboxylic acids is 1. The Morgan fingerprint density at radius 2 is 1.15 bits per heavy atom. The number of carbonyl (C=O) groups excluding carboxylic acids is 2. The highest BCUT2D eigenvalue weighted by Gasteiger charge is 2.31. The van der Waals surface area contributed by atoms with Gasteiger partial charge in [-0.3, -0.25) is 9.59 Å². The first-order valence-corrected chi connectivity index (χ1v) is 18.4. The number of esters is 2. The Morgan fingerprint density at radius 1 is 0.652 bits per heavy atom. The third-order valence-corrected chi connectivity index (χ3v) is 8.10. The highest BCUT2D eigenvalue weighted by molar-refractivity contribution is 5.72. The van der Waals surface area contributed by atoms with Crippen LogP contribution in [0.15, 0.2) is 24.3 Å². The number of nitrogens with zero attached hydrogens (tertiary/aromatic N) is 1. The van der Waals surface area contributed by atoms with Crippen LogP contribution in [-0.4, -0.2) is 80.6 Å². The van der Waals surface area contributed by atoms with E-state index in [1.54, 1.807) is 0 Å². The van der Waals surface area contributed by atoms with Crippen LogP contribution in [0.5, 0.6) is 0 Å².